The number of nitrogens with one attached hydrogen (secondary N) is 1. The van der Waals surface area contributed by atoms with Crippen LogP contribution in [0.2, 0.25) is 0 Å². The van der Waals surface area contributed by atoms with Crippen molar-refractivity contribution in [1.82, 2.24) is 5.32 Å². The Kier molecular flexibility index (Phi) is 7.70. The Hall–Kier alpha value is -0.590. The number of carbonyl (C=O) groups is 1. The van der Waals surface area contributed by atoms with Crippen molar-refractivity contribution in [3.8, 4) is 5.75 Å². The standard InChI is InChI=1S/C15H21Br2NO3/c1-3-15(4-2,10-19)9-18-14(20)8-21-13-6-5-11(16)7-12(13)17/h5-7,19H,3-4,8-10H2,1-2H3,(H,18,20). The van der Waals surface area contributed by atoms with E-state index in [1.807, 2.05) is 26.0 Å². The van der Waals surface area contributed by atoms with E-state index in [0.29, 0.717) is 12.3 Å². The number of carbonyl (C=O) groups excluding carboxylic acids is 1. The van der Waals surface area contributed by atoms with Crippen LogP contribution in [0.25, 0.3) is 0 Å². The van der Waals surface area contributed by atoms with Crippen molar-refractivity contribution in [2.45, 2.75) is 26.7 Å². The Bertz CT molecular complexity index is 468. The Balaban J connectivity index is 2.47. The Morgan fingerprint density at radius 1 is 1.33 bits per heavy atom. The van der Waals surface area contributed by atoms with Gasteiger partial charge in [0.15, 0.2) is 6.61 Å². The Morgan fingerprint density at radius 2 is 2.00 bits per heavy atom. The van der Waals surface area contributed by atoms with Crippen molar-refractivity contribution >= 4 is 37.8 Å². The number of halogens is 2. The van der Waals surface area contributed by atoms with E-state index in [4.69, 9.17) is 4.74 Å². The maximum absolute atomic E-state index is 11.8. The molecule has 0 heterocycles. The van der Waals surface area contributed by atoms with Gasteiger partial charge in [-0.2, -0.15) is 0 Å². The summed E-state index contributed by atoms with van der Waals surface area (Å²) in [5.41, 5.74) is -0.242. The van der Waals surface area contributed by atoms with Crippen LogP contribution >= 0.6 is 31.9 Å². The van der Waals surface area contributed by atoms with Gasteiger partial charge in [-0.05, 0) is 47.0 Å². The Labute approximate surface area is 142 Å². The van der Waals surface area contributed by atoms with Crippen molar-refractivity contribution < 1.29 is 14.6 Å². The first-order chi connectivity index (χ1) is 9.96. The molecule has 1 aromatic carbocycles. The minimum Gasteiger partial charge on any atom is -0.483 e. The van der Waals surface area contributed by atoms with E-state index >= 15 is 0 Å². The van der Waals surface area contributed by atoms with Crippen LogP contribution in [0.3, 0.4) is 0 Å². The van der Waals surface area contributed by atoms with E-state index in [9.17, 15) is 9.90 Å². The van der Waals surface area contributed by atoms with E-state index in [0.717, 1.165) is 21.8 Å². The largest absolute Gasteiger partial charge is 0.483 e. The lowest BCUT2D eigenvalue weighted by molar-refractivity contribution is -0.123. The summed E-state index contributed by atoms with van der Waals surface area (Å²) in [6, 6.07) is 5.50. The fourth-order valence-corrected chi connectivity index (χ4v) is 3.01. The lowest BCUT2D eigenvalue weighted by Gasteiger charge is -2.29. The number of amides is 1. The van der Waals surface area contributed by atoms with Crippen LogP contribution in [0.1, 0.15) is 26.7 Å². The molecular formula is C15H21Br2NO3. The summed E-state index contributed by atoms with van der Waals surface area (Å²) in [5, 5.41) is 12.3. The fourth-order valence-electron chi connectivity index (χ4n) is 1.85. The molecule has 0 fully saturated rings. The summed E-state index contributed by atoms with van der Waals surface area (Å²) in [5.74, 6) is 0.428. The maximum Gasteiger partial charge on any atom is 0.257 e. The minimum atomic E-state index is -0.242. The van der Waals surface area contributed by atoms with Crippen molar-refractivity contribution in [1.29, 1.82) is 0 Å². The molecule has 0 aliphatic carbocycles. The molecule has 6 heteroatoms. The second-order valence-corrected chi connectivity index (χ2v) is 6.78. The topological polar surface area (TPSA) is 58.6 Å². The molecule has 0 aliphatic heterocycles. The molecule has 4 nitrogen and oxygen atoms in total. The normalized spacial score (nSPS) is 11.3. The fraction of sp³-hybridized carbons (Fsp3) is 0.533. The lowest BCUT2D eigenvalue weighted by Crippen LogP contribution is -2.41. The third-order valence-electron chi connectivity index (χ3n) is 3.75. The third-order valence-corrected chi connectivity index (χ3v) is 4.86. The number of aliphatic hydroxyl groups excluding tert-OH is 1. The van der Waals surface area contributed by atoms with E-state index in [1.165, 1.54) is 0 Å². The number of rotatable bonds is 8. The molecule has 0 atom stereocenters. The van der Waals surface area contributed by atoms with Crippen LogP contribution < -0.4 is 10.1 Å². The van der Waals surface area contributed by atoms with E-state index in [-0.39, 0.29) is 24.5 Å². The first kappa shape index (κ1) is 18.5. The highest BCUT2D eigenvalue weighted by atomic mass is 79.9. The zero-order chi connectivity index (χ0) is 15.9. The average Bonchev–Trinajstić information content (AvgIpc) is 2.48. The molecule has 1 rings (SSSR count). The number of hydrogen-bond donors (Lipinski definition) is 2. The quantitative estimate of drug-likeness (QED) is 0.673. The van der Waals surface area contributed by atoms with E-state index in [2.05, 4.69) is 37.2 Å². The molecule has 0 aliphatic rings. The smallest absolute Gasteiger partial charge is 0.257 e. The van der Waals surface area contributed by atoms with Gasteiger partial charge in [0.05, 0.1) is 11.1 Å². The summed E-state index contributed by atoms with van der Waals surface area (Å²) in [7, 11) is 0. The molecule has 1 amide bonds. The zero-order valence-corrected chi connectivity index (χ0v) is 15.5. The molecule has 0 spiro atoms. The van der Waals surface area contributed by atoms with Gasteiger partial charge in [-0.1, -0.05) is 29.8 Å². The maximum atomic E-state index is 11.8. The molecule has 0 saturated carbocycles. The number of hydrogen-bond acceptors (Lipinski definition) is 3. The number of benzene rings is 1. The molecule has 0 saturated heterocycles. The second-order valence-electron chi connectivity index (χ2n) is 5.01. The highest BCUT2D eigenvalue weighted by Gasteiger charge is 2.25. The van der Waals surface area contributed by atoms with Gasteiger partial charge >= 0.3 is 0 Å². The van der Waals surface area contributed by atoms with Gasteiger partial charge in [0.1, 0.15) is 5.75 Å². The average molecular weight is 423 g/mol. The van der Waals surface area contributed by atoms with Gasteiger partial charge in [0.2, 0.25) is 0 Å². The van der Waals surface area contributed by atoms with Gasteiger partial charge in [-0.25, -0.2) is 0 Å². The first-order valence-corrected chi connectivity index (χ1v) is 8.50. The van der Waals surface area contributed by atoms with Crippen molar-refractivity contribution in [2.24, 2.45) is 5.41 Å². The summed E-state index contributed by atoms with van der Waals surface area (Å²) in [4.78, 5) is 11.8. The van der Waals surface area contributed by atoms with Crippen molar-refractivity contribution in [2.75, 3.05) is 19.8 Å². The van der Waals surface area contributed by atoms with Crippen LogP contribution in [0, 0.1) is 5.41 Å². The summed E-state index contributed by atoms with van der Waals surface area (Å²) in [6.45, 7) is 4.51. The van der Waals surface area contributed by atoms with Gasteiger partial charge in [0.25, 0.3) is 5.91 Å². The number of aliphatic hydroxyl groups is 1. The van der Waals surface area contributed by atoms with Gasteiger partial charge in [0, 0.05) is 16.4 Å². The summed E-state index contributed by atoms with van der Waals surface area (Å²) < 4.78 is 7.20. The molecule has 2 N–H and O–H groups in total. The number of ether oxygens (including phenoxy) is 1. The predicted octanol–water partition coefficient (Wildman–Crippen LogP) is 3.51. The molecule has 0 aromatic heterocycles. The first-order valence-electron chi connectivity index (χ1n) is 6.91. The van der Waals surface area contributed by atoms with Gasteiger partial charge in [-0.3, -0.25) is 4.79 Å². The molecule has 0 unspecified atom stereocenters. The van der Waals surface area contributed by atoms with Crippen LogP contribution in [-0.4, -0.2) is 30.8 Å². The van der Waals surface area contributed by atoms with Crippen LogP contribution in [0.4, 0.5) is 0 Å². The Morgan fingerprint density at radius 3 is 2.52 bits per heavy atom. The van der Waals surface area contributed by atoms with Crippen molar-refractivity contribution in [3.05, 3.63) is 27.1 Å². The van der Waals surface area contributed by atoms with Crippen LogP contribution in [0.5, 0.6) is 5.75 Å². The van der Waals surface area contributed by atoms with Gasteiger partial charge in [-0.15, -0.1) is 0 Å². The SMILES string of the molecule is CCC(CC)(CO)CNC(=O)COc1ccc(Br)cc1Br. The van der Waals surface area contributed by atoms with Crippen LogP contribution in [0.15, 0.2) is 27.1 Å². The third kappa shape index (κ3) is 5.60. The highest BCUT2D eigenvalue weighted by molar-refractivity contribution is 9.11. The predicted molar refractivity (Wildman–Crippen MR) is 90.4 cm³/mol. The summed E-state index contributed by atoms with van der Waals surface area (Å²) in [6.07, 6.45) is 1.64. The van der Waals surface area contributed by atoms with E-state index < -0.39 is 0 Å². The van der Waals surface area contributed by atoms with Crippen LogP contribution in [-0.2, 0) is 4.79 Å². The minimum absolute atomic E-state index is 0.0465. The molecule has 0 radical (unpaired) electrons. The monoisotopic (exact) mass is 421 g/mol. The molecule has 1 aromatic rings. The summed E-state index contributed by atoms with van der Waals surface area (Å²) >= 11 is 6.74. The lowest BCUT2D eigenvalue weighted by atomic mass is 9.83. The molecule has 118 valence electrons. The molecular weight excluding hydrogens is 402 g/mol. The highest BCUT2D eigenvalue weighted by Crippen LogP contribution is 2.28. The molecule has 0 bridgehead atoms. The zero-order valence-electron chi connectivity index (χ0n) is 12.3. The molecule has 21 heavy (non-hydrogen) atoms. The van der Waals surface area contributed by atoms with E-state index in [1.54, 1.807) is 6.07 Å². The second kappa shape index (κ2) is 8.76. The van der Waals surface area contributed by atoms with Crippen molar-refractivity contribution in [3.63, 3.8) is 0 Å². The van der Waals surface area contributed by atoms with Gasteiger partial charge < -0.3 is 15.2 Å².